The number of carbonyl (C=O) groups is 1. The second-order valence-electron chi connectivity index (χ2n) is 10.0. The summed E-state index contributed by atoms with van der Waals surface area (Å²) >= 11 is 0. The lowest BCUT2D eigenvalue weighted by molar-refractivity contribution is -0.127. The van der Waals surface area contributed by atoms with Crippen molar-refractivity contribution in [1.82, 2.24) is 0 Å². The minimum atomic E-state index is -0.205. The third kappa shape index (κ3) is 21.7. The van der Waals surface area contributed by atoms with Crippen molar-refractivity contribution in [3.8, 4) is 0 Å². The smallest absolute Gasteiger partial charge is 0.155 e. The summed E-state index contributed by atoms with van der Waals surface area (Å²) in [5.74, 6) is 0.0239. The van der Waals surface area contributed by atoms with Gasteiger partial charge in [-0.25, -0.2) is 0 Å². The topological polar surface area (TPSA) is 44.8 Å². The summed E-state index contributed by atoms with van der Waals surface area (Å²) in [7, 11) is 0. The number of benzene rings is 1. The zero-order valence-electron chi connectivity index (χ0n) is 22.9. The molecule has 0 fully saturated rings. The first-order valence-corrected chi connectivity index (χ1v) is 14.5. The molecule has 1 unspecified atom stereocenters. The minimum absolute atomic E-state index is 0.0239. The first-order valence-electron chi connectivity index (χ1n) is 14.5. The van der Waals surface area contributed by atoms with Crippen molar-refractivity contribution in [3.63, 3.8) is 0 Å². The summed E-state index contributed by atoms with van der Waals surface area (Å²) in [5.41, 5.74) is 1.13. The van der Waals surface area contributed by atoms with Gasteiger partial charge in [0, 0.05) is 6.61 Å². The average molecular weight is 491 g/mol. The summed E-state index contributed by atoms with van der Waals surface area (Å²) in [6, 6.07) is 10.1. The summed E-state index contributed by atoms with van der Waals surface area (Å²) in [5, 5.41) is 0. The molecular formula is C31H54O4. The molecule has 0 amide bonds. The molecule has 1 aromatic carbocycles. The second-order valence-corrected chi connectivity index (χ2v) is 10.0. The van der Waals surface area contributed by atoms with Crippen LogP contribution in [0.1, 0.15) is 122 Å². The Bertz CT molecular complexity index is 575. The van der Waals surface area contributed by atoms with Crippen LogP contribution in [0.15, 0.2) is 30.3 Å². The van der Waals surface area contributed by atoms with Gasteiger partial charge in [-0.15, -0.1) is 0 Å². The maximum atomic E-state index is 11.3. The summed E-state index contributed by atoms with van der Waals surface area (Å²) in [4.78, 5) is 11.3. The fraction of sp³-hybridized carbons (Fsp3) is 0.774. The SMILES string of the molecule is CCCCCCCCCCCCCCCCCCOCC(COCc1ccccc1)OCC(C)=O. The number of rotatable bonds is 26. The van der Waals surface area contributed by atoms with Crippen molar-refractivity contribution < 1.29 is 19.0 Å². The van der Waals surface area contributed by atoms with Crippen molar-refractivity contribution in [2.75, 3.05) is 26.4 Å². The fourth-order valence-corrected chi connectivity index (χ4v) is 4.23. The first-order chi connectivity index (χ1) is 17.2. The van der Waals surface area contributed by atoms with Crippen LogP contribution in [-0.2, 0) is 25.6 Å². The minimum Gasteiger partial charge on any atom is -0.379 e. The maximum Gasteiger partial charge on any atom is 0.155 e. The molecule has 1 atom stereocenters. The molecule has 0 saturated heterocycles. The second kappa shape index (κ2) is 24.5. The molecule has 0 bridgehead atoms. The van der Waals surface area contributed by atoms with Crippen LogP contribution < -0.4 is 0 Å². The van der Waals surface area contributed by atoms with E-state index < -0.39 is 0 Å². The van der Waals surface area contributed by atoms with Crippen LogP contribution in [0.25, 0.3) is 0 Å². The Labute approximate surface area is 216 Å². The molecule has 0 spiro atoms. The third-order valence-electron chi connectivity index (χ3n) is 6.38. The van der Waals surface area contributed by atoms with Gasteiger partial charge in [0.2, 0.25) is 0 Å². The number of unbranched alkanes of at least 4 members (excludes halogenated alkanes) is 15. The van der Waals surface area contributed by atoms with Crippen molar-refractivity contribution in [1.29, 1.82) is 0 Å². The predicted molar refractivity (Wildman–Crippen MR) is 147 cm³/mol. The summed E-state index contributed by atoms with van der Waals surface area (Å²) in [6.07, 6.45) is 21.7. The summed E-state index contributed by atoms with van der Waals surface area (Å²) < 4.78 is 17.3. The van der Waals surface area contributed by atoms with Gasteiger partial charge < -0.3 is 14.2 Å². The quantitative estimate of drug-likeness (QED) is 0.122. The molecule has 0 aliphatic rings. The average Bonchev–Trinajstić information content (AvgIpc) is 2.86. The molecule has 0 aliphatic heterocycles. The van der Waals surface area contributed by atoms with Crippen molar-refractivity contribution in [3.05, 3.63) is 35.9 Å². The van der Waals surface area contributed by atoms with Gasteiger partial charge >= 0.3 is 0 Å². The highest BCUT2D eigenvalue weighted by molar-refractivity contribution is 5.76. The van der Waals surface area contributed by atoms with E-state index in [-0.39, 0.29) is 18.5 Å². The van der Waals surface area contributed by atoms with Crippen LogP contribution >= 0.6 is 0 Å². The van der Waals surface area contributed by atoms with E-state index in [9.17, 15) is 4.79 Å². The highest BCUT2D eigenvalue weighted by Gasteiger charge is 2.11. The van der Waals surface area contributed by atoms with Gasteiger partial charge in [-0.05, 0) is 18.9 Å². The molecule has 0 saturated carbocycles. The molecule has 1 rings (SSSR count). The van der Waals surface area contributed by atoms with Gasteiger partial charge in [-0.2, -0.15) is 0 Å². The molecule has 0 heterocycles. The largest absolute Gasteiger partial charge is 0.379 e. The number of Topliss-reactive ketones (excluding diaryl/α,β-unsaturated/α-hetero) is 1. The monoisotopic (exact) mass is 490 g/mol. The Morgan fingerprint density at radius 1 is 0.686 bits per heavy atom. The van der Waals surface area contributed by atoms with Gasteiger partial charge in [0.05, 0.1) is 19.8 Å². The van der Waals surface area contributed by atoms with E-state index in [1.54, 1.807) is 6.92 Å². The lowest BCUT2D eigenvalue weighted by atomic mass is 10.0. The van der Waals surface area contributed by atoms with Crippen LogP contribution in [0.5, 0.6) is 0 Å². The zero-order chi connectivity index (χ0) is 25.2. The highest BCUT2D eigenvalue weighted by atomic mass is 16.6. The number of ketones is 1. The van der Waals surface area contributed by atoms with Gasteiger partial charge in [0.1, 0.15) is 12.7 Å². The molecule has 4 nitrogen and oxygen atoms in total. The maximum absolute atomic E-state index is 11.3. The Balaban J connectivity index is 1.91. The molecule has 0 N–H and O–H groups in total. The molecule has 0 aromatic heterocycles. The van der Waals surface area contributed by atoms with Gasteiger partial charge in [-0.1, -0.05) is 134 Å². The van der Waals surface area contributed by atoms with E-state index in [1.807, 2.05) is 30.3 Å². The standard InChI is InChI=1S/C31H54O4/c1-3-4-5-6-7-8-9-10-11-12-13-14-15-16-17-21-24-33-27-31(35-25-29(2)32)28-34-26-30-22-19-18-20-23-30/h18-20,22-23,31H,3-17,21,24-28H2,1-2H3. The first kappa shape index (κ1) is 31.8. The Morgan fingerprint density at radius 2 is 1.17 bits per heavy atom. The van der Waals surface area contributed by atoms with Crippen LogP contribution in [0.4, 0.5) is 0 Å². The van der Waals surface area contributed by atoms with Crippen molar-refractivity contribution >= 4 is 5.78 Å². The third-order valence-corrected chi connectivity index (χ3v) is 6.38. The molecule has 1 aromatic rings. The molecular weight excluding hydrogens is 436 g/mol. The number of hydrogen-bond donors (Lipinski definition) is 0. The Kier molecular flexibility index (Phi) is 22.2. The molecule has 0 aliphatic carbocycles. The zero-order valence-corrected chi connectivity index (χ0v) is 22.9. The summed E-state index contributed by atoms with van der Waals surface area (Å²) in [6.45, 7) is 6.13. The van der Waals surface area contributed by atoms with Gasteiger partial charge in [-0.3, -0.25) is 4.79 Å². The van der Waals surface area contributed by atoms with E-state index in [4.69, 9.17) is 14.2 Å². The van der Waals surface area contributed by atoms with Gasteiger partial charge in [0.25, 0.3) is 0 Å². The molecule has 4 heteroatoms. The van der Waals surface area contributed by atoms with Crippen LogP contribution in [0.3, 0.4) is 0 Å². The van der Waals surface area contributed by atoms with E-state index in [2.05, 4.69) is 6.92 Å². The number of hydrogen-bond acceptors (Lipinski definition) is 4. The van der Waals surface area contributed by atoms with Crippen LogP contribution in [0.2, 0.25) is 0 Å². The normalized spacial score (nSPS) is 12.2. The molecule has 0 radical (unpaired) electrons. The van der Waals surface area contributed by atoms with E-state index >= 15 is 0 Å². The van der Waals surface area contributed by atoms with Gasteiger partial charge in [0.15, 0.2) is 5.78 Å². The highest BCUT2D eigenvalue weighted by Crippen LogP contribution is 2.14. The number of ether oxygens (including phenoxy) is 3. The van der Waals surface area contributed by atoms with Crippen molar-refractivity contribution in [2.45, 2.75) is 129 Å². The van der Waals surface area contributed by atoms with E-state index in [1.165, 1.54) is 96.3 Å². The van der Waals surface area contributed by atoms with Crippen LogP contribution in [0, 0.1) is 0 Å². The lowest BCUT2D eigenvalue weighted by Crippen LogP contribution is -2.28. The Morgan fingerprint density at radius 3 is 1.69 bits per heavy atom. The van der Waals surface area contributed by atoms with Crippen molar-refractivity contribution in [2.24, 2.45) is 0 Å². The molecule has 202 valence electrons. The van der Waals surface area contributed by atoms with E-state index in [0.29, 0.717) is 19.8 Å². The fourth-order valence-electron chi connectivity index (χ4n) is 4.23. The van der Waals surface area contributed by atoms with Crippen LogP contribution in [-0.4, -0.2) is 38.3 Å². The molecule has 35 heavy (non-hydrogen) atoms. The van der Waals surface area contributed by atoms with E-state index in [0.717, 1.165) is 18.6 Å². The lowest BCUT2D eigenvalue weighted by Gasteiger charge is -2.18. The predicted octanol–water partition coefficient (Wildman–Crippen LogP) is 8.46. The number of carbonyl (C=O) groups excluding carboxylic acids is 1. The Hall–Kier alpha value is -1.23.